The van der Waals surface area contributed by atoms with E-state index in [-0.39, 0.29) is 5.54 Å². The van der Waals surface area contributed by atoms with Crippen LogP contribution in [-0.2, 0) is 5.54 Å². The van der Waals surface area contributed by atoms with Gasteiger partial charge in [0.25, 0.3) is 5.76 Å². The maximum absolute atomic E-state index is 12.3. The Balaban J connectivity index is 2.21. The van der Waals surface area contributed by atoms with Crippen molar-refractivity contribution in [3.63, 3.8) is 0 Å². The second-order valence-corrected chi connectivity index (χ2v) is 5.33. The third kappa shape index (κ3) is 2.55. The van der Waals surface area contributed by atoms with E-state index in [1.165, 1.54) is 0 Å². The largest absolute Gasteiger partial charge is 0.321 e. The van der Waals surface area contributed by atoms with Gasteiger partial charge in [-0.3, -0.25) is 0 Å². The second kappa shape index (κ2) is 4.72. The van der Waals surface area contributed by atoms with Crippen LogP contribution in [0.2, 0.25) is 0 Å². The highest BCUT2D eigenvalue weighted by Crippen LogP contribution is 2.38. The molecule has 0 aliphatic heterocycles. The molecule has 0 amide bonds. The minimum atomic E-state index is -2.37. The summed E-state index contributed by atoms with van der Waals surface area (Å²) >= 11 is 0.581. The van der Waals surface area contributed by atoms with Crippen molar-refractivity contribution in [3.8, 4) is 0 Å². The molecule has 1 aromatic rings. The number of nitrogens with two attached hydrogens (primary N) is 1. The minimum absolute atomic E-state index is 0.293. The third-order valence-corrected chi connectivity index (χ3v) is 3.83. The lowest BCUT2D eigenvalue weighted by molar-refractivity contribution is 0.252. The van der Waals surface area contributed by atoms with Crippen LogP contribution < -0.4 is 5.73 Å². The summed E-state index contributed by atoms with van der Waals surface area (Å²) in [6.07, 6.45) is 4.16. The Bertz CT molecular complexity index is 362. The number of benzene rings is 1. The summed E-state index contributed by atoms with van der Waals surface area (Å²) in [6, 6.07) is 7.27. The Morgan fingerprint density at radius 3 is 2.56 bits per heavy atom. The topological polar surface area (TPSA) is 26.0 Å². The molecule has 1 nitrogen and oxygen atoms in total. The van der Waals surface area contributed by atoms with Gasteiger partial charge in [-0.1, -0.05) is 36.7 Å². The van der Waals surface area contributed by atoms with Gasteiger partial charge in [-0.2, -0.15) is 8.78 Å². The van der Waals surface area contributed by atoms with Crippen molar-refractivity contribution in [2.75, 3.05) is 0 Å². The van der Waals surface area contributed by atoms with E-state index in [1.807, 2.05) is 18.2 Å². The monoisotopic (exact) mass is 243 g/mol. The molecule has 0 heterocycles. The highest BCUT2D eigenvalue weighted by atomic mass is 32.2. The maximum atomic E-state index is 12.3. The summed E-state index contributed by atoms with van der Waals surface area (Å²) in [4.78, 5) is 0.601. The predicted molar refractivity (Wildman–Crippen MR) is 62.6 cm³/mol. The van der Waals surface area contributed by atoms with Crippen LogP contribution >= 0.6 is 11.8 Å². The van der Waals surface area contributed by atoms with Crippen LogP contribution in [0.3, 0.4) is 0 Å². The normalized spacial score (nSPS) is 19.2. The number of alkyl halides is 2. The fourth-order valence-electron chi connectivity index (χ4n) is 2.28. The zero-order valence-corrected chi connectivity index (χ0v) is 9.77. The van der Waals surface area contributed by atoms with Gasteiger partial charge in [0, 0.05) is 10.4 Å². The summed E-state index contributed by atoms with van der Waals surface area (Å²) < 4.78 is 24.5. The Hall–Kier alpha value is -0.610. The van der Waals surface area contributed by atoms with Crippen LogP contribution in [0.15, 0.2) is 29.2 Å². The molecule has 0 saturated heterocycles. The molecule has 0 atom stereocenters. The van der Waals surface area contributed by atoms with Gasteiger partial charge < -0.3 is 5.73 Å². The van der Waals surface area contributed by atoms with Gasteiger partial charge >= 0.3 is 0 Å². The summed E-state index contributed by atoms with van der Waals surface area (Å²) in [7, 11) is 0. The van der Waals surface area contributed by atoms with Gasteiger partial charge in [0.15, 0.2) is 0 Å². The molecule has 1 aliphatic carbocycles. The van der Waals surface area contributed by atoms with Crippen molar-refractivity contribution < 1.29 is 8.78 Å². The van der Waals surface area contributed by atoms with Crippen molar-refractivity contribution in [1.29, 1.82) is 0 Å². The lowest BCUT2D eigenvalue weighted by atomic mass is 9.90. The number of halogens is 2. The fraction of sp³-hybridized carbons (Fsp3) is 0.500. The molecular weight excluding hydrogens is 228 g/mol. The molecule has 1 aliphatic rings. The maximum Gasteiger partial charge on any atom is 0.288 e. The molecule has 0 radical (unpaired) electrons. The van der Waals surface area contributed by atoms with E-state index in [0.29, 0.717) is 16.7 Å². The molecule has 0 aromatic heterocycles. The van der Waals surface area contributed by atoms with Crippen LogP contribution in [0.1, 0.15) is 31.2 Å². The van der Waals surface area contributed by atoms with Crippen molar-refractivity contribution in [2.24, 2.45) is 5.73 Å². The van der Waals surface area contributed by atoms with Crippen molar-refractivity contribution >= 4 is 11.8 Å². The zero-order chi connectivity index (χ0) is 11.6. The smallest absolute Gasteiger partial charge is 0.288 e. The number of hydrogen-bond donors (Lipinski definition) is 1. The Labute approximate surface area is 98.4 Å². The van der Waals surface area contributed by atoms with E-state index < -0.39 is 5.76 Å². The summed E-state index contributed by atoms with van der Waals surface area (Å²) in [5.41, 5.74) is 6.99. The number of rotatable bonds is 3. The van der Waals surface area contributed by atoms with E-state index in [1.54, 1.807) is 6.07 Å². The average Bonchev–Trinajstić information content (AvgIpc) is 2.66. The molecule has 0 spiro atoms. The Morgan fingerprint density at radius 2 is 1.94 bits per heavy atom. The molecule has 1 saturated carbocycles. The Morgan fingerprint density at radius 1 is 1.25 bits per heavy atom. The first-order valence-corrected chi connectivity index (χ1v) is 6.32. The first-order chi connectivity index (χ1) is 7.60. The van der Waals surface area contributed by atoms with Crippen molar-refractivity contribution in [3.05, 3.63) is 29.8 Å². The first-order valence-electron chi connectivity index (χ1n) is 5.44. The van der Waals surface area contributed by atoms with E-state index in [0.717, 1.165) is 31.2 Å². The van der Waals surface area contributed by atoms with Gasteiger partial charge in [0.1, 0.15) is 0 Å². The van der Waals surface area contributed by atoms with E-state index in [9.17, 15) is 8.78 Å². The van der Waals surface area contributed by atoms with Gasteiger partial charge in [0.2, 0.25) is 0 Å². The molecule has 2 N–H and O–H groups in total. The van der Waals surface area contributed by atoms with Gasteiger partial charge in [-0.25, -0.2) is 0 Å². The fourth-order valence-corrected chi connectivity index (χ4v) is 2.83. The predicted octanol–water partition coefficient (Wildman–Crippen LogP) is 3.73. The second-order valence-electron chi connectivity index (χ2n) is 4.27. The Kier molecular flexibility index (Phi) is 3.50. The van der Waals surface area contributed by atoms with Crippen LogP contribution in [0.4, 0.5) is 8.78 Å². The van der Waals surface area contributed by atoms with E-state index in [2.05, 4.69) is 0 Å². The van der Waals surface area contributed by atoms with Crippen molar-refractivity contribution in [1.82, 2.24) is 0 Å². The first kappa shape index (κ1) is 11.9. The molecule has 0 unspecified atom stereocenters. The highest BCUT2D eigenvalue weighted by Gasteiger charge is 2.31. The van der Waals surface area contributed by atoms with Crippen LogP contribution in [-0.4, -0.2) is 5.76 Å². The van der Waals surface area contributed by atoms with Crippen LogP contribution in [0, 0.1) is 0 Å². The standard InChI is InChI=1S/C12H15F2NS/c13-11(14)16-10-5-3-4-9(8-10)12(15)6-1-2-7-12/h3-5,8,11H,1-2,6-7,15H2. The zero-order valence-electron chi connectivity index (χ0n) is 8.96. The van der Waals surface area contributed by atoms with Crippen LogP contribution in [0.5, 0.6) is 0 Å². The molecule has 1 fully saturated rings. The average molecular weight is 243 g/mol. The molecule has 16 heavy (non-hydrogen) atoms. The number of thioether (sulfide) groups is 1. The van der Waals surface area contributed by atoms with Gasteiger partial charge in [-0.15, -0.1) is 0 Å². The molecule has 4 heteroatoms. The summed E-state index contributed by atoms with van der Waals surface area (Å²) in [5.74, 6) is -2.37. The highest BCUT2D eigenvalue weighted by molar-refractivity contribution is 7.99. The van der Waals surface area contributed by atoms with Gasteiger partial charge in [0.05, 0.1) is 0 Å². The third-order valence-electron chi connectivity index (χ3n) is 3.13. The molecular formula is C12H15F2NS. The lowest BCUT2D eigenvalue weighted by Gasteiger charge is -2.24. The number of hydrogen-bond acceptors (Lipinski definition) is 2. The lowest BCUT2D eigenvalue weighted by Crippen LogP contribution is -2.32. The van der Waals surface area contributed by atoms with Crippen molar-refractivity contribution in [2.45, 2.75) is 41.9 Å². The molecule has 1 aromatic carbocycles. The SMILES string of the molecule is NC1(c2cccc(SC(F)F)c2)CCCC1. The minimum Gasteiger partial charge on any atom is -0.321 e. The molecule has 88 valence electrons. The van der Waals surface area contributed by atoms with Gasteiger partial charge in [-0.05, 0) is 30.5 Å². The van der Waals surface area contributed by atoms with E-state index >= 15 is 0 Å². The van der Waals surface area contributed by atoms with Crippen LogP contribution in [0.25, 0.3) is 0 Å². The molecule has 2 rings (SSSR count). The summed E-state index contributed by atoms with van der Waals surface area (Å²) in [6.45, 7) is 0. The quantitative estimate of drug-likeness (QED) is 0.819. The summed E-state index contributed by atoms with van der Waals surface area (Å²) in [5, 5.41) is 0. The van der Waals surface area contributed by atoms with E-state index in [4.69, 9.17) is 5.73 Å². The molecule has 0 bridgehead atoms.